The molecule has 2 rings (SSSR count). The van der Waals surface area contributed by atoms with Gasteiger partial charge in [0.15, 0.2) is 0 Å². The number of carboxylic acid groups (broad SMARTS) is 1. The number of aryl methyl sites for hydroxylation is 1. The van der Waals surface area contributed by atoms with Crippen LogP contribution in [0.2, 0.25) is 0 Å². The van der Waals surface area contributed by atoms with Gasteiger partial charge in [-0.2, -0.15) is 0 Å². The van der Waals surface area contributed by atoms with Crippen molar-refractivity contribution in [2.75, 3.05) is 30.0 Å². The van der Waals surface area contributed by atoms with E-state index >= 15 is 0 Å². The minimum atomic E-state index is -1.03. The van der Waals surface area contributed by atoms with Gasteiger partial charge in [0.1, 0.15) is 0 Å². The van der Waals surface area contributed by atoms with Crippen molar-refractivity contribution in [3.05, 3.63) is 47.5 Å². The Morgan fingerprint density at radius 1 is 1.19 bits per heavy atom. The maximum Gasteiger partial charge on any atom is 0.337 e. The quantitative estimate of drug-likeness (QED) is 0.752. The fourth-order valence-electron chi connectivity index (χ4n) is 2.08. The average molecular weight is 285 g/mol. The van der Waals surface area contributed by atoms with Crippen LogP contribution in [0.1, 0.15) is 15.9 Å². The first-order valence-corrected chi connectivity index (χ1v) is 6.56. The van der Waals surface area contributed by atoms with Crippen molar-refractivity contribution in [2.24, 2.45) is 0 Å². The van der Waals surface area contributed by atoms with Gasteiger partial charge in [-0.3, -0.25) is 0 Å². The van der Waals surface area contributed by atoms with Crippen molar-refractivity contribution >= 4 is 28.7 Å². The molecule has 2 aromatic rings. The molecule has 0 fully saturated rings. The Kier molecular flexibility index (Phi) is 4.03. The van der Waals surface area contributed by atoms with Crippen LogP contribution in [-0.2, 0) is 0 Å². The van der Waals surface area contributed by atoms with E-state index in [-0.39, 0.29) is 5.56 Å². The highest BCUT2D eigenvalue weighted by atomic mass is 16.4. The maximum absolute atomic E-state index is 11.2. The Morgan fingerprint density at radius 3 is 2.52 bits per heavy atom. The van der Waals surface area contributed by atoms with Crippen molar-refractivity contribution in [1.29, 1.82) is 0 Å². The highest BCUT2D eigenvalue weighted by Gasteiger charge is 2.12. The highest BCUT2D eigenvalue weighted by molar-refractivity contribution is 5.96. The summed E-state index contributed by atoms with van der Waals surface area (Å²) in [4.78, 5) is 13.2. The molecule has 0 saturated heterocycles. The smallest absolute Gasteiger partial charge is 0.337 e. The van der Waals surface area contributed by atoms with E-state index in [1.165, 1.54) is 0 Å². The van der Waals surface area contributed by atoms with Crippen LogP contribution in [0.4, 0.5) is 22.7 Å². The monoisotopic (exact) mass is 285 g/mol. The number of hydrogen-bond acceptors (Lipinski definition) is 4. The standard InChI is InChI=1S/C16H19N3O2/c1-10-7-12(9-14(15(10)17)16(20)21)18-11-5-4-6-13(8-11)19(2)3/h4-9,18H,17H2,1-3H3,(H,20,21). The van der Waals surface area contributed by atoms with Crippen LogP contribution in [0, 0.1) is 6.92 Å². The number of aromatic carboxylic acids is 1. The second-order valence-electron chi connectivity index (χ2n) is 5.13. The van der Waals surface area contributed by atoms with Crippen molar-refractivity contribution < 1.29 is 9.90 Å². The average Bonchev–Trinajstić information content (AvgIpc) is 2.42. The van der Waals surface area contributed by atoms with Crippen LogP contribution in [-0.4, -0.2) is 25.2 Å². The Labute approximate surface area is 124 Å². The molecule has 0 spiro atoms. The van der Waals surface area contributed by atoms with Gasteiger partial charge >= 0.3 is 5.97 Å². The lowest BCUT2D eigenvalue weighted by Gasteiger charge is -2.15. The third kappa shape index (κ3) is 3.25. The molecule has 5 nitrogen and oxygen atoms in total. The van der Waals surface area contributed by atoms with Gasteiger partial charge in [-0.05, 0) is 42.8 Å². The highest BCUT2D eigenvalue weighted by Crippen LogP contribution is 2.26. The van der Waals surface area contributed by atoms with Gasteiger partial charge in [-0.15, -0.1) is 0 Å². The zero-order valence-electron chi connectivity index (χ0n) is 12.3. The number of nitrogens with two attached hydrogens (primary N) is 1. The van der Waals surface area contributed by atoms with Gasteiger partial charge in [0.25, 0.3) is 0 Å². The lowest BCUT2D eigenvalue weighted by atomic mass is 10.1. The van der Waals surface area contributed by atoms with Crippen LogP contribution in [0.15, 0.2) is 36.4 Å². The third-order valence-electron chi connectivity index (χ3n) is 3.27. The Morgan fingerprint density at radius 2 is 1.90 bits per heavy atom. The zero-order chi connectivity index (χ0) is 15.6. The minimum absolute atomic E-state index is 0.112. The molecule has 0 aliphatic rings. The number of carbonyl (C=O) groups is 1. The summed E-state index contributed by atoms with van der Waals surface area (Å²) in [5.74, 6) is -1.03. The van der Waals surface area contributed by atoms with E-state index in [1.807, 2.05) is 49.3 Å². The SMILES string of the molecule is Cc1cc(Nc2cccc(N(C)C)c2)cc(C(=O)O)c1N. The topological polar surface area (TPSA) is 78.6 Å². The normalized spacial score (nSPS) is 10.2. The Hall–Kier alpha value is -2.69. The largest absolute Gasteiger partial charge is 0.478 e. The summed E-state index contributed by atoms with van der Waals surface area (Å²) in [5.41, 5.74) is 9.60. The first-order valence-electron chi connectivity index (χ1n) is 6.56. The molecule has 0 amide bonds. The van der Waals surface area contributed by atoms with Crippen LogP contribution in [0.3, 0.4) is 0 Å². The number of nitrogens with zero attached hydrogens (tertiary/aromatic N) is 1. The van der Waals surface area contributed by atoms with Crippen LogP contribution in [0.5, 0.6) is 0 Å². The molecule has 0 saturated carbocycles. The van der Waals surface area contributed by atoms with Gasteiger partial charge in [-0.1, -0.05) is 6.07 Å². The maximum atomic E-state index is 11.2. The van der Waals surface area contributed by atoms with Crippen LogP contribution < -0.4 is 16.0 Å². The number of rotatable bonds is 4. The Balaban J connectivity index is 2.36. The van der Waals surface area contributed by atoms with Gasteiger partial charge in [0, 0.05) is 36.8 Å². The molecule has 110 valence electrons. The summed E-state index contributed by atoms with van der Waals surface area (Å²) >= 11 is 0. The van der Waals surface area contributed by atoms with Gasteiger partial charge in [-0.25, -0.2) is 4.79 Å². The summed E-state index contributed by atoms with van der Waals surface area (Å²) in [7, 11) is 3.93. The molecule has 0 aliphatic carbocycles. The number of benzene rings is 2. The predicted octanol–water partition coefficient (Wildman–Crippen LogP) is 3.09. The second kappa shape index (κ2) is 5.75. The van der Waals surface area contributed by atoms with Gasteiger partial charge < -0.3 is 21.1 Å². The van der Waals surface area contributed by atoms with E-state index in [4.69, 9.17) is 5.73 Å². The summed E-state index contributed by atoms with van der Waals surface area (Å²) < 4.78 is 0. The lowest BCUT2D eigenvalue weighted by molar-refractivity contribution is 0.0698. The molecule has 0 atom stereocenters. The molecule has 0 bridgehead atoms. The van der Waals surface area contributed by atoms with E-state index in [2.05, 4.69) is 5.32 Å². The summed E-state index contributed by atoms with van der Waals surface area (Å²) in [6.45, 7) is 1.79. The molecule has 0 aliphatic heterocycles. The number of anilines is 4. The number of hydrogen-bond donors (Lipinski definition) is 3. The van der Waals surface area contributed by atoms with Crippen LogP contribution >= 0.6 is 0 Å². The molecule has 4 N–H and O–H groups in total. The fraction of sp³-hybridized carbons (Fsp3) is 0.188. The molecule has 0 heterocycles. The summed E-state index contributed by atoms with van der Waals surface area (Å²) in [5, 5.41) is 12.4. The van der Waals surface area contributed by atoms with Crippen molar-refractivity contribution in [1.82, 2.24) is 0 Å². The van der Waals surface area contributed by atoms with E-state index in [1.54, 1.807) is 13.0 Å². The zero-order valence-corrected chi connectivity index (χ0v) is 12.3. The van der Waals surface area contributed by atoms with Crippen LogP contribution in [0.25, 0.3) is 0 Å². The van der Waals surface area contributed by atoms with E-state index in [0.717, 1.165) is 16.9 Å². The Bertz CT molecular complexity index is 681. The number of carboxylic acids is 1. The van der Waals surface area contributed by atoms with Gasteiger partial charge in [0.2, 0.25) is 0 Å². The number of nitrogens with one attached hydrogen (secondary N) is 1. The molecule has 2 aromatic carbocycles. The number of nitrogen functional groups attached to an aromatic ring is 1. The fourth-order valence-corrected chi connectivity index (χ4v) is 2.08. The third-order valence-corrected chi connectivity index (χ3v) is 3.27. The molecular formula is C16H19N3O2. The molecule has 5 heteroatoms. The van der Waals surface area contributed by atoms with Crippen molar-refractivity contribution in [3.8, 4) is 0 Å². The first kappa shape index (κ1) is 14.7. The molecule has 0 aromatic heterocycles. The molecular weight excluding hydrogens is 266 g/mol. The van der Waals surface area contributed by atoms with E-state index < -0.39 is 5.97 Å². The molecule has 21 heavy (non-hydrogen) atoms. The van der Waals surface area contributed by atoms with Crippen molar-refractivity contribution in [3.63, 3.8) is 0 Å². The minimum Gasteiger partial charge on any atom is -0.478 e. The predicted molar refractivity (Wildman–Crippen MR) is 86.6 cm³/mol. The molecule has 0 radical (unpaired) electrons. The van der Waals surface area contributed by atoms with Crippen molar-refractivity contribution in [2.45, 2.75) is 6.92 Å². The molecule has 0 unspecified atom stereocenters. The lowest BCUT2D eigenvalue weighted by Crippen LogP contribution is -2.08. The van der Waals surface area contributed by atoms with E-state index in [0.29, 0.717) is 11.4 Å². The second-order valence-corrected chi connectivity index (χ2v) is 5.13. The first-order chi connectivity index (χ1) is 9.88. The summed E-state index contributed by atoms with van der Waals surface area (Å²) in [6, 6.07) is 11.3. The van der Waals surface area contributed by atoms with E-state index in [9.17, 15) is 9.90 Å². The summed E-state index contributed by atoms with van der Waals surface area (Å²) in [6.07, 6.45) is 0. The van der Waals surface area contributed by atoms with Gasteiger partial charge in [0.05, 0.1) is 5.56 Å².